The minimum absolute atomic E-state index is 0.136. The lowest BCUT2D eigenvalue weighted by molar-refractivity contribution is -0.115. The zero-order valence-electron chi connectivity index (χ0n) is 15.5. The number of anilines is 2. The summed E-state index contributed by atoms with van der Waals surface area (Å²) in [6.07, 6.45) is 1.48. The van der Waals surface area contributed by atoms with Crippen LogP contribution < -0.4 is 20.3 Å². The highest BCUT2D eigenvalue weighted by molar-refractivity contribution is 5.94. The molecular formula is C19H22FN5O3. The lowest BCUT2D eigenvalue weighted by Gasteiger charge is -2.36. The number of pyridine rings is 1. The molecule has 9 heteroatoms. The molecule has 3 amide bonds. The van der Waals surface area contributed by atoms with Crippen LogP contribution in [-0.4, -0.2) is 61.7 Å². The van der Waals surface area contributed by atoms with Gasteiger partial charge in [-0.2, -0.15) is 0 Å². The van der Waals surface area contributed by atoms with Crippen LogP contribution in [0.2, 0.25) is 0 Å². The van der Waals surface area contributed by atoms with E-state index in [9.17, 15) is 14.0 Å². The van der Waals surface area contributed by atoms with Gasteiger partial charge in [0.05, 0.1) is 25.5 Å². The van der Waals surface area contributed by atoms with E-state index >= 15 is 0 Å². The van der Waals surface area contributed by atoms with E-state index in [1.54, 1.807) is 29.2 Å². The van der Waals surface area contributed by atoms with Crippen molar-refractivity contribution in [2.75, 3.05) is 50.1 Å². The van der Waals surface area contributed by atoms with Crippen LogP contribution in [0.1, 0.15) is 0 Å². The topological polar surface area (TPSA) is 86.8 Å². The number of hydrogen-bond donors (Lipinski definition) is 2. The Hall–Kier alpha value is -3.36. The van der Waals surface area contributed by atoms with E-state index in [2.05, 4.69) is 20.5 Å². The highest BCUT2D eigenvalue weighted by Crippen LogP contribution is 2.17. The quantitative estimate of drug-likeness (QED) is 0.816. The third kappa shape index (κ3) is 5.09. The summed E-state index contributed by atoms with van der Waals surface area (Å²) in [4.78, 5) is 32.0. The van der Waals surface area contributed by atoms with Gasteiger partial charge in [0, 0.05) is 37.9 Å². The average molecular weight is 387 g/mol. The van der Waals surface area contributed by atoms with Crippen molar-refractivity contribution in [3.8, 4) is 5.88 Å². The van der Waals surface area contributed by atoms with Crippen LogP contribution in [0.25, 0.3) is 0 Å². The van der Waals surface area contributed by atoms with E-state index in [0.29, 0.717) is 37.7 Å². The van der Waals surface area contributed by atoms with Crippen LogP contribution in [0.5, 0.6) is 5.88 Å². The first-order valence-electron chi connectivity index (χ1n) is 8.88. The number of aromatic nitrogens is 1. The van der Waals surface area contributed by atoms with Crippen molar-refractivity contribution >= 4 is 23.3 Å². The highest BCUT2D eigenvalue weighted by atomic mass is 19.1. The van der Waals surface area contributed by atoms with Gasteiger partial charge in [0.1, 0.15) is 5.82 Å². The van der Waals surface area contributed by atoms with Crippen LogP contribution in [0.4, 0.5) is 20.6 Å². The maximum Gasteiger partial charge on any atom is 0.317 e. The molecule has 1 fully saturated rings. The van der Waals surface area contributed by atoms with Crippen LogP contribution >= 0.6 is 0 Å². The fraction of sp³-hybridized carbons (Fsp3) is 0.316. The van der Waals surface area contributed by atoms with E-state index in [0.717, 1.165) is 5.69 Å². The van der Waals surface area contributed by atoms with Crippen LogP contribution in [0.15, 0.2) is 42.6 Å². The molecule has 0 spiro atoms. The first kappa shape index (κ1) is 19.4. The van der Waals surface area contributed by atoms with Crippen molar-refractivity contribution in [1.82, 2.24) is 15.2 Å². The number of amides is 3. The Morgan fingerprint density at radius 2 is 1.82 bits per heavy atom. The molecule has 1 aliphatic rings. The predicted octanol–water partition coefficient (Wildman–Crippen LogP) is 1.70. The van der Waals surface area contributed by atoms with Crippen LogP contribution in [0, 0.1) is 5.82 Å². The molecule has 3 rings (SSSR count). The Morgan fingerprint density at radius 1 is 1.11 bits per heavy atom. The molecular weight excluding hydrogens is 365 g/mol. The number of ether oxygens (including phenoxy) is 1. The largest absolute Gasteiger partial charge is 0.481 e. The van der Waals surface area contributed by atoms with Gasteiger partial charge >= 0.3 is 6.03 Å². The maximum atomic E-state index is 13.0. The molecule has 1 aromatic carbocycles. The molecule has 0 saturated carbocycles. The van der Waals surface area contributed by atoms with Gasteiger partial charge in [-0.1, -0.05) is 0 Å². The lowest BCUT2D eigenvalue weighted by atomic mass is 10.2. The van der Waals surface area contributed by atoms with E-state index in [4.69, 9.17) is 4.74 Å². The summed E-state index contributed by atoms with van der Waals surface area (Å²) in [5, 5.41) is 5.27. The second kappa shape index (κ2) is 9.03. The molecule has 0 aliphatic carbocycles. The molecule has 1 saturated heterocycles. The maximum absolute atomic E-state index is 13.0. The third-order valence-corrected chi connectivity index (χ3v) is 4.39. The molecule has 0 unspecified atom stereocenters. The minimum atomic E-state index is -0.342. The number of carbonyl (C=O) groups excluding carboxylic acids is 2. The van der Waals surface area contributed by atoms with Crippen molar-refractivity contribution in [1.29, 1.82) is 0 Å². The number of methoxy groups -OCH3 is 1. The fourth-order valence-electron chi connectivity index (χ4n) is 2.87. The molecule has 1 aliphatic heterocycles. The van der Waals surface area contributed by atoms with Crippen molar-refractivity contribution < 1.29 is 18.7 Å². The molecule has 0 radical (unpaired) electrons. The number of urea groups is 1. The predicted molar refractivity (Wildman–Crippen MR) is 103 cm³/mol. The zero-order chi connectivity index (χ0) is 19.9. The van der Waals surface area contributed by atoms with Crippen molar-refractivity contribution in [3.05, 3.63) is 48.4 Å². The monoisotopic (exact) mass is 387 g/mol. The molecule has 2 aromatic rings. The smallest absolute Gasteiger partial charge is 0.317 e. The first-order chi connectivity index (χ1) is 13.5. The summed E-state index contributed by atoms with van der Waals surface area (Å²) in [5.74, 6) is -0.165. The summed E-state index contributed by atoms with van der Waals surface area (Å²) in [6, 6.07) is 9.31. The molecule has 8 nitrogen and oxygen atoms in total. The standard InChI is InChI=1S/C19H22FN5O3/c1-28-18-7-4-15(12-21-18)23-17(26)13-22-19(27)25-10-8-24(9-11-25)16-5-2-14(20)3-6-16/h2-7,12H,8-11,13H2,1H3,(H,22,27)(H,23,26). The zero-order valence-corrected chi connectivity index (χ0v) is 15.5. The van der Waals surface area contributed by atoms with Gasteiger partial charge in [0.25, 0.3) is 0 Å². The number of nitrogens with zero attached hydrogens (tertiary/aromatic N) is 3. The number of benzene rings is 1. The Kier molecular flexibility index (Phi) is 6.25. The normalized spacial score (nSPS) is 13.8. The SMILES string of the molecule is COc1ccc(NC(=O)CNC(=O)N2CCN(c3ccc(F)cc3)CC2)cn1. The summed E-state index contributed by atoms with van der Waals surface area (Å²) in [6.45, 7) is 2.19. The van der Waals surface area contributed by atoms with Gasteiger partial charge in [0.2, 0.25) is 11.8 Å². The number of piperazine rings is 1. The van der Waals surface area contributed by atoms with E-state index < -0.39 is 0 Å². The van der Waals surface area contributed by atoms with Gasteiger partial charge < -0.3 is 25.2 Å². The van der Waals surface area contributed by atoms with Crippen LogP contribution in [0.3, 0.4) is 0 Å². The summed E-state index contributed by atoms with van der Waals surface area (Å²) in [5.41, 5.74) is 1.45. The summed E-state index contributed by atoms with van der Waals surface area (Å²) in [7, 11) is 1.51. The van der Waals surface area contributed by atoms with Crippen molar-refractivity contribution in [2.24, 2.45) is 0 Å². The first-order valence-corrected chi connectivity index (χ1v) is 8.88. The average Bonchev–Trinajstić information content (AvgIpc) is 2.73. The Labute approximate surface area is 162 Å². The number of carbonyl (C=O) groups is 2. The summed E-state index contributed by atoms with van der Waals surface area (Å²) < 4.78 is 18.0. The molecule has 1 aromatic heterocycles. The van der Waals surface area contributed by atoms with Crippen molar-refractivity contribution in [3.63, 3.8) is 0 Å². The number of nitrogens with one attached hydrogen (secondary N) is 2. The number of rotatable bonds is 5. The van der Waals surface area contributed by atoms with Crippen molar-refractivity contribution in [2.45, 2.75) is 0 Å². The Morgan fingerprint density at radius 3 is 2.43 bits per heavy atom. The van der Waals surface area contributed by atoms with Gasteiger partial charge in [-0.05, 0) is 30.3 Å². The Balaban J connectivity index is 1.41. The molecule has 0 bridgehead atoms. The number of halogens is 1. The van der Waals surface area contributed by atoms with E-state index in [1.807, 2.05) is 0 Å². The molecule has 28 heavy (non-hydrogen) atoms. The molecule has 2 N–H and O–H groups in total. The van der Waals surface area contributed by atoms with Crippen LogP contribution in [-0.2, 0) is 4.79 Å². The van der Waals surface area contributed by atoms with Gasteiger partial charge in [0.15, 0.2) is 0 Å². The number of hydrogen-bond acceptors (Lipinski definition) is 5. The third-order valence-electron chi connectivity index (χ3n) is 4.39. The van der Waals surface area contributed by atoms with Gasteiger partial charge in [-0.3, -0.25) is 4.79 Å². The van der Waals surface area contributed by atoms with E-state index in [-0.39, 0.29) is 24.3 Å². The fourth-order valence-corrected chi connectivity index (χ4v) is 2.87. The van der Waals surface area contributed by atoms with Gasteiger partial charge in [-0.25, -0.2) is 14.2 Å². The van der Waals surface area contributed by atoms with E-state index in [1.165, 1.54) is 25.4 Å². The second-order valence-corrected chi connectivity index (χ2v) is 6.25. The molecule has 148 valence electrons. The lowest BCUT2D eigenvalue weighted by Crippen LogP contribution is -2.52. The molecule has 2 heterocycles. The van der Waals surface area contributed by atoms with Gasteiger partial charge in [-0.15, -0.1) is 0 Å². The minimum Gasteiger partial charge on any atom is -0.481 e. The Bertz CT molecular complexity index is 805. The molecule has 0 atom stereocenters. The summed E-state index contributed by atoms with van der Waals surface area (Å²) >= 11 is 0. The highest BCUT2D eigenvalue weighted by Gasteiger charge is 2.21. The second-order valence-electron chi connectivity index (χ2n) is 6.25.